The van der Waals surface area contributed by atoms with Crippen molar-refractivity contribution in [2.75, 3.05) is 27.2 Å². The molecule has 1 aliphatic rings. The lowest BCUT2D eigenvalue weighted by Gasteiger charge is -2.24. The van der Waals surface area contributed by atoms with Crippen LogP contribution < -0.4 is 0 Å². The second kappa shape index (κ2) is 5.50. The van der Waals surface area contributed by atoms with Crippen LogP contribution in [0.25, 0.3) is 0 Å². The fourth-order valence-corrected chi connectivity index (χ4v) is 2.49. The Hall–Kier alpha value is -1.39. The quantitative estimate of drug-likeness (QED) is 0.877. The molecule has 1 aromatic carbocycles. The van der Waals surface area contributed by atoms with Crippen LogP contribution in [-0.2, 0) is 6.54 Å². The van der Waals surface area contributed by atoms with Gasteiger partial charge in [0, 0.05) is 19.1 Å². The van der Waals surface area contributed by atoms with Crippen molar-refractivity contribution in [1.29, 1.82) is 0 Å². The van der Waals surface area contributed by atoms with Gasteiger partial charge in [0.15, 0.2) is 0 Å². The monoisotopic (exact) mass is 248 g/mol. The standard InChI is InChI=1S/C14H20N2O2/c1-15-7-6-13(10-15)16(2)9-11-4-3-5-12(8-11)14(17)18/h3-5,8,13H,6-7,9-10H2,1-2H3,(H,17,18)/t13-/m1/s1. The molecule has 0 spiro atoms. The summed E-state index contributed by atoms with van der Waals surface area (Å²) in [6, 6.07) is 7.77. The molecular weight excluding hydrogens is 228 g/mol. The molecule has 0 amide bonds. The van der Waals surface area contributed by atoms with Crippen LogP contribution in [0.4, 0.5) is 0 Å². The summed E-state index contributed by atoms with van der Waals surface area (Å²) in [6.45, 7) is 3.04. The number of likely N-dealkylation sites (tertiary alicyclic amines) is 1. The van der Waals surface area contributed by atoms with Crippen molar-refractivity contribution in [2.24, 2.45) is 0 Å². The van der Waals surface area contributed by atoms with E-state index in [-0.39, 0.29) is 0 Å². The number of hydrogen-bond acceptors (Lipinski definition) is 3. The minimum atomic E-state index is -0.861. The van der Waals surface area contributed by atoms with Crippen molar-refractivity contribution >= 4 is 5.97 Å². The van der Waals surface area contributed by atoms with Crippen LogP contribution in [-0.4, -0.2) is 54.1 Å². The highest BCUT2D eigenvalue weighted by molar-refractivity contribution is 5.87. The number of aromatic carboxylic acids is 1. The summed E-state index contributed by atoms with van der Waals surface area (Å²) in [5, 5.41) is 8.97. The van der Waals surface area contributed by atoms with Crippen molar-refractivity contribution in [1.82, 2.24) is 9.80 Å². The molecule has 1 saturated heterocycles. The van der Waals surface area contributed by atoms with Gasteiger partial charge in [-0.1, -0.05) is 12.1 Å². The van der Waals surface area contributed by atoms with Crippen LogP contribution >= 0.6 is 0 Å². The topological polar surface area (TPSA) is 43.8 Å². The van der Waals surface area contributed by atoms with Crippen molar-refractivity contribution in [2.45, 2.75) is 19.0 Å². The minimum absolute atomic E-state index is 0.365. The van der Waals surface area contributed by atoms with Crippen molar-refractivity contribution in [3.63, 3.8) is 0 Å². The van der Waals surface area contributed by atoms with Gasteiger partial charge >= 0.3 is 5.97 Å². The Labute approximate surface area is 108 Å². The lowest BCUT2D eigenvalue weighted by Crippen LogP contribution is -2.33. The first kappa shape index (κ1) is 13.1. The Morgan fingerprint density at radius 2 is 2.33 bits per heavy atom. The molecule has 0 aromatic heterocycles. The third-order valence-corrected chi connectivity index (χ3v) is 3.60. The van der Waals surface area contributed by atoms with Crippen molar-refractivity contribution < 1.29 is 9.90 Å². The van der Waals surface area contributed by atoms with E-state index < -0.39 is 5.97 Å². The molecule has 98 valence electrons. The van der Waals surface area contributed by atoms with Gasteiger partial charge in [-0.25, -0.2) is 4.79 Å². The largest absolute Gasteiger partial charge is 0.478 e. The third-order valence-electron chi connectivity index (χ3n) is 3.60. The zero-order chi connectivity index (χ0) is 13.1. The Morgan fingerprint density at radius 3 is 2.94 bits per heavy atom. The van der Waals surface area contributed by atoms with Crippen LogP contribution in [0.1, 0.15) is 22.3 Å². The number of nitrogens with zero attached hydrogens (tertiary/aromatic N) is 2. The summed E-state index contributed by atoms with van der Waals surface area (Å²) in [4.78, 5) is 15.6. The summed E-state index contributed by atoms with van der Waals surface area (Å²) in [6.07, 6.45) is 1.19. The van der Waals surface area contributed by atoms with E-state index in [0.717, 1.165) is 25.2 Å². The molecule has 2 rings (SSSR count). The SMILES string of the molecule is CN1CC[C@@H](N(C)Cc2cccc(C(=O)O)c2)C1. The average Bonchev–Trinajstić information content (AvgIpc) is 2.76. The van der Waals surface area contributed by atoms with E-state index >= 15 is 0 Å². The van der Waals surface area contributed by atoms with Gasteiger partial charge in [0.2, 0.25) is 0 Å². The predicted molar refractivity (Wildman–Crippen MR) is 70.8 cm³/mol. The number of benzene rings is 1. The fourth-order valence-electron chi connectivity index (χ4n) is 2.49. The van der Waals surface area contributed by atoms with Gasteiger partial charge in [0.25, 0.3) is 0 Å². The van der Waals surface area contributed by atoms with E-state index in [1.807, 2.05) is 12.1 Å². The highest BCUT2D eigenvalue weighted by Gasteiger charge is 2.23. The Kier molecular flexibility index (Phi) is 3.99. The molecule has 1 fully saturated rings. The Balaban J connectivity index is 2.00. The number of carboxylic acid groups (broad SMARTS) is 1. The molecule has 1 atom stereocenters. The van der Waals surface area contributed by atoms with Gasteiger partial charge in [-0.2, -0.15) is 0 Å². The summed E-state index contributed by atoms with van der Waals surface area (Å²) in [7, 11) is 4.25. The molecule has 4 nitrogen and oxygen atoms in total. The first-order chi connectivity index (χ1) is 8.56. The average molecular weight is 248 g/mol. The zero-order valence-corrected chi connectivity index (χ0v) is 11.0. The van der Waals surface area contributed by atoms with Crippen LogP contribution in [0.3, 0.4) is 0 Å². The normalized spacial score (nSPS) is 20.5. The highest BCUT2D eigenvalue weighted by atomic mass is 16.4. The molecule has 1 N–H and O–H groups in total. The van der Waals surface area contributed by atoms with E-state index in [1.165, 1.54) is 6.42 Å². The molecule has 0 radical (unpaired) electrons. The Morgan fingerprint density at radius 1 is 1.56 bits per heavy atom. The lowest BCUT2D eigenvalue weighted by atomic mass is 10.1. The van der Waals surface area contributed by atoms with Gasteiger partial charge < -0.3 is 10.0 Å². The van der Waals surface area contributed by atoms with E-state index in [1.54, 1.807) is 12.1 Å². The van der Waals surface area contributed by atoms with Crippen molar-refractivity contribution in [3.05, 3.63) is 35.4 Å². The van der Waals surface area contributed by atoms with Crippen LogP contribution in [0.5, 0.6) is 0 Å². The fraction of sp³-hybridized carbons (Fsp3) is 0.500. The van der Waals surface area contributed by atoms with Crippen LogP contribution in [0, 0.1) is 0 Å². The lowest BCUT2D eigenvalue weighted by molar-refractivity contribution is 0.0696. The maximum atomic E-state index is 10.9. The maximum absolute atomic E-state index is 10.9. The van der Waals surface area contributed by atoms with E-state index in [2.05, 4.69) is 23.9 Å². The molecule has 4 heteroatoms. The van der Waals surface area contributed by atoms with E-state index in [0.29, 0.717) is 11.6 Å². The van der Waals surface area contributed by atoms with Crippen LogP contribution in [0.2, 0.25) is 0 Å². The first-order valence-electron chi connectivity index (χ1n) is 6.27. The number of carbonyl (C=O) groups is 1. The molecule has 0 bridgehead atoms. The third kappa shape index (κ3) is 3.09. The predicted octanol–water partition coefficient (Wildman–Crippen LogP) is 1.52. The van der Waals surface area contributed by atoms with Gasteiger partial charge in [0.05, 0.1) is 5.56 Å². The molecular formula is C14H20N2O2. The Bertz CT molecular complexity index is 434. The van der Waals surface area contributed by atoms with Gasteiger partial charge in [-0.05, 0) is 44.8 Å². The van der Waals surface area contributed by atoms with Gasteiger partial charge in [0.1, 0.15) is 0 Å². The summed E-state index contributed by atoms with van der Waals surface area (Å²) in [5.74, 6) is -0.861. The van der Waals surface area contributed by atoms with Crippen LogP contribution in [0.15, 0.2) is 24.3 Å². The maximum Gasteiger partial charge on any atom is 0.335 e. The van der Waals surface area contributed by atoms with Crippen molar-refractivity contribution in [3.8, 4) is 0 Å². The number of likely N-dealkylation sites (N-methyl/N-ethyl adjacent to an activating group) is 2. The first-order valence-corrected chi connectivity index (χ1v) is 6.27. The molecule has 18 heavy (non-hydrogen) atoms. The molecule has 0 unspecified atom stereocenters. The molecule has 1 aliphatic heterocycles. The number of rotatable bonds is 4. The molecule has 0 saturated carbocycles. The summed E-state index contributed by atoms with van der Waals surface area (Å²) >= 11 is 0. The number of hydrogen-bond donors (Lipinski definition) is 1. The second-order valence-corrected chi connectivity index (χ2v) is 5.13. The second-order valence-electron chi connectivity index (χ2n) is 5.13. The molecule has 1 heterocycles. The summed E-state index contributed by atoms with van der Waals surface area (Å²) < 4.78 is 0. The zero-order valence-electron chi connectivity index (χ0n) is 11.0. The highest BCUT2D eigenvalue weighted by Crippen LogP contribution is 2.16. The van der Waals surface area contributed by atoms with E-state index in [4.69, 9.17) is 5.11 Å². The summed E-state index contributed by atoms with van der Waals surface area (Å²) in [5.41, 5.74) is 1.43. The minimum Gasteiger partial charge on any atom is -0.478 e. The van der Waals surface area contributed by atoms with E-state index in [9.17, 15) is 4.79 Å². The van der Waals surface area contributed by atoms with Gasteiger partial charge in [-0.3, -0.25) is 4.90 Å². The molecule has 0 aliphatic carbocycles. The molecule has 1 aromatic rings. The smallest absolute Gasteiger partial charge is 0.335 e. The van der Waals surface area contributed by atoms with Gasteiger partial charge in [-0.15, -0.1) is 0 Å². The number of carboxylic acids is 1.